The second-order valence-corrected chi connectivity index (χ2v) is 9.86. The van der Waals surface area contributed by atoms with Crippen molar-refractivity contribution in [3.8, 4) is 5.75 Å². The Labute approximate surface area is 185 Å². The molecule has 0 unspecified atom stereocenters. The molecule has 0 spiro atoms. The topological polar surface area (TPSA) is 62.7 Å². The molecule has 1 aromatic carbocycles. The number of hydrogen-bond donors (Lipinski definition) is 0. The summed E-state index contributed by atoms with van der Waals surface area (Å²) in [5, 5.41) is 0. The van der Waals surface area contributed by atoms with E-state index in [9.17, 15) is 34.8 Å². The van der Waals surface area contributed by atoms with Crippen molar-refractivity contribution in [3.63, 3.8) is 0 Å². The van der Waals surface area contributed by atoms with Crippen LogP contribution in [0.25, 0.3) is 0 Å². The van der Waals surface area contributed by atoms with E-state index in [1.807, 2.05) is 4.90 Å². The number of pyridine rings is 1. The van der Waals surface area contributed by atoms with E-state index in [0.717, 1.165) is 28.6 Å². The average molecular weight is 495 g/mol. The molecular formula is C20H19F6N3O3S. The number of hydrogen-bond acceptors (Lipinski definition) is 5. The molecule has 0 aliphatic carbocycles. The highest BCUT2D eigenvalue weighted by atomic mass is 32.2. The van der Waals surface area contributed by atoms with E-state index in [0.29, 0.717) is 31.8 Å². The smallest absolute Gasteiger partial charge is 0.418 e. The molecule has 3 heterocycles. The number of alkyl halides is 6. The van der Waals surface area contributed by atoms with Crippen molar-refractivity contribution in [2.45, 2.75) is 35.8 Å². The molecule has 33 heavy (non-hydrogen) atoms. The molecule has 0 saturated carbocycles. The summed E-state index contributed by atoms with van der Waals surface area (Å²) in [5.74, 6) is -0.0388. The number of halogens is 6. The molecule has 0 amide bonds. The molecule has 1 aromatic heterocycles. The van der Waals surface area contributed by atoms with Crippen molar-refractivity contribution in [1.82, 2.24) is 14.2 Å². The van der Waals surface area contributed by atoms with Crippen molar-refractivity contribution in [3.05, 3.63) is 53.9 Å². The Hall–Kier alpha value is -2.38. The van der Waals surface area contributed by atoms with Crippen LogP contribution >= 0.6 is 0 Å². The van der Waals surface area contributed by atoms with Crippen LogP contribution < -0.4 is 4.74 Å². The SMILES string of the molecule is O=S(=O)(c1cccc(C(F)(F)F)c1)N1CCN2C[C@H](Oc3cncc(C(F)(F)F)c3)C[C@H]2C1. The van der Waals surface area contributed by atoms with Gasteiger partial charge in [0.15, 0.2) is 0 Å². The van der Waals surface area contributed by atoms with Gasteiger partial charge in [-0.2, -0.15) is 30.6 Å². The number of aromatic nitrogens is 1. The van der Waals surface area contributed by atoms with E-state index in [-0.39, 0.29) is 24.9 Å². The standard InChI is InChI=1S/C20H19F6N3O3S/c21-19(22,23)13-2-1-3-18(7-13)33(30,31)29-5-4-28-12-17(8-15(28)11-29)32-16-6-14(9-27-10-16)20(24,25)26/h1-3,6-7,9-10,15,17H,4-5,8,11-12H2/t15-,17+/m0/s1. The highest BCUT2D eigenvalue weighted by Crippen LogP contribution is 2.34. The van der Waals surface area contributed by atoms with E-state index >= 15 is 0 Å². The average Bonchev–Trinajstić information content (AvgIpc) is 3.14. The first-order valence-electron chi connectivity index (χ1n) is 9.94. The highest BCUT2D eigenvalue weighted by Gasteiger charge is 2.41. The molecule has 2 saturated heterocycles. The number of nitrogens with zero attached hydrogens (tertiary/aromatic N) is 3. The Bertz CT molecular complexity index is 1120. The van der Waals surface area contributed by atoms with Gasteiger partial charge >= 0.3 is 12.4 Å². The van der Waals surface area contributed by atoms with E-state index in [1.165, 1.54) is 6.20 Å². The van der Waals surface area contributed by atoms with Gasteiger partial charge < -0.3 is 4.74 Å². The van der Waals surface area contributed by atoms with Crippen molar-refractivity contribution in [1.29, 1.82) is 0 Å². The van der Waals surface area contributed by atoms with Crippen LogP contribution in [-0.4, -0.2) is 60.9 Å². The summed E-state index contributed by atoms with van der Waals surface area (Å²) in [6.07, 6.45) is -7.48. The lowest BCUT2D eigenvalue weighted by Crippen LogP contribution is -2.51. The molecule has 2 aromatic rings. The fourth-order valence-electron chi connectivity index (χ4n) is 4.08. The quantitative estimate of drug-likeness (QED) is 0.607. The Morgan fingerprint density at radius 1 is 0.939 bits per heavy atom. The first-order chi connectivity index (χ1) is 15.3. The Morgan fingerprint density at radius 3 is 2.36 bits per heavy atom. The third-order valence-corrected chi connectivity index (χ3v) is 7.54. The highest BCUT2D eigenvalue weighted by molar-refractivity contribution is 7.89. The summed E-state index contributed by atoms with van der Waals surface area (Å²) >= 11 is 0. The number of piperazine rings is 1. The Balaban J connectivity index is 1.44. The van der Waals surface area contributed by atoms with Crippen LogP contribution in [0.3, 0.4) is 0 Å². The van der Waals surface area contributed by atoms with Crippen LogP contribution in [0.2, 0.25) is 0 Å². The molecule has 13 heteroatoms. The molecule has 2 aliphatic rings. The van der Waals surface area contributed by atoms with E-state index in [1.54, 1.807) is 0 Å². The van der Waals surface area contributed by atoms with Gasteiger partial charge in [0.05, 0.1) is 22.2 Å². The molecule has 0 radical (unpaired) electrons. The summed E-state index contributed by atoms with van der Waals surface area (Å²) in [7, 11) is -4.15. The predicted molar refractivity (Wildman–Crippen MR) is 104 cm³/mol. The normalized spacial score (nSPS) is 22.8. The Morgan fingerprint density at radius 2 is 1.67 bits per heavy atom. The molecule has 6 nitrogen and oxygen atoms in total. The first-order valence-corrected chi connectivity index (χ1v) is 11.4. The largest absolute Gasteiger partial charge is 0.487 e. The minimum absolute atomic E-state index is 0.0388. The van der Waals surface area contributed by atoms with Crippen LogP contribution in [0.4, 0.5) is 26.3 Å². The van der Waals surface area contributed by atoms with E-state index in [4.69, 9.17) is 4.74 Å². The van der Waals surface area contributed by atoms with Gasteiger partial charge in [-0.25, -0.2) is 8.42 Å². The third-order valence-electron chi connectivity index (χ3n) is 5.68. The summed E-state index contributed by atoms with van der Waals surface area (Å²) in [4.78, 5) is 5.08. The van der Waals surface area contributed by atoms with Gasteiger partial charge in [-0.15, -0.1) is 0 Å². The molecule has 4 rings (SSSR count). The van der Waals surface area contributed by atoms with Crippen LogP contribution in [-0.2, 0) is 22.4 Å². The number of ether oxygens (including phenoxy) is 1. The van der Waals surface area contributed by atoms with Gasteiger partial charge in [0.25, 0.3) is 0 Å². The summed E-state index contributed by atoms with van der Waals surface area (Å²) in [5.41, 5.74) is -1.99. The lowest BCUT2D eigenvalue weighted by molar-refractivity contribution is -0.138. The molecular weight excluding hydrogens is 476 g/mol. The summed E-state index contributed by atoms with van der Waals surface area (Å²) < 4.78 is 110. The zero-order chi connectivity index (χ0) is 24.0. The van der Waals surface area contributed by atoms with Crippen LogP contribution in [0.1, 0.15) is 17.5 Å². The van der Waals surface area contributed by atoms with Gasteiger partial charge in [0.1, 0.15) is 11.9 Å². The minimum atomic E-state index is -4.67. The van der Waals surface area contributed by atoms with E-state index < -0.39 is 44.5 Å². The maximum absolute atomic E-state index is 13.0. The lowest BCUT2D eigenvalue weighted by Gasteiger charge is -2.36. The molecule has 0 bridgehead atoms. The number of benzene rings is 1. The zero-order valence-corrected chi connectivity index (χ0v) is 17.8. The zero-order valence-electron chi connectivity index (χ0n) is 17.0. The summed E-state index contributed by atoms with van der Waals surface area (Å²) in [6.45, 7) is 0.827. The summed E-state index contributed by atoms with van der Waals surface area (Å²) in [6, 6.07) is 4.17. The molecule has 2 atom stereocenters. The maximum atomic E-state index is 13.0. The van der Waals surface area contributed by atoms with Gasteiger partial charge in [-0.05, 0) is 24.3 Å². The van der Waals surface area contributed by atoms with Gasteiger partial charge in [-0.3, -0.25) is 9.88 Å². The van der Waals surface area contributed by atoms with Crippen LogP contribution in [0.5, 0.6) is 5.75 Å². The third kappa shape index (κ3) is 5.09. The Kier molecular flexibility index (Phi) is 6.08. The number of sulfonamides is 1. The fourth-order valence-corrected chi connectivity index (χ4v) is 5.60. The van der Waals surface area contributed by atoms with Crippen LogP contribution in [0.15, 0.2) is 47.6 Å². The van der Waals surface area contributed by atoms with Crippen LogP contribution in [0, 0.1) is 0 Å². The second-order valence-electron chi connectivity index (χ2n) is 7.92. The predicted octanol–water partition coefficient (Wildman–Crippen LogP) is 3.65. The van der Waals surface area contributed by atoms with Crippen molar-refractivity contribution in [2.24, 2.45) is 0 Å². The van der Waals surface area contributed by atoms with Gasteiger partial charge in [0.2, 0.25) is 10.0 Å². The fraction of sp³-hybridized carbons (Fsp3) is 0.450. The van der Waals surface area contributed by atoms with E-state index in [2.05, 4.69) is 4.98 Å². The van der Waals surface area contributed by atoms with Crippen molar-refractivity contribution < 1.29 is 39.5 Å². The molecule has 0 N–H and O–H groups in total. The second kappa shape index (κ2) is 8.44. The maximum Gasteiger partial charge on any atom is 0.418 e. The van der Waals surface area contributed by atoms with Gasteiger partial charge in [-0.1, -0.05) is 6.07 Å². The molecule has 2 aliphatic heterocycles. The lowest BCUT2D eigenvalue weighted by atomic mass is 10.1. The van der Waals surface area contributed by atoms with Crippen molar-refractivity contribution >= 4 is 10.0 Å². The van der Waals surface area contributed by atoms with Gasteiger partial charge in [0, 0.05) is 44.8 Å². The van der Waals surface area contributed by atoms with Crippen molar-refractivity contribution in [2.75, 3.05) is 26.2 Å². The monoisotopic (exact) mass is 495 g/mol. The minimum Gasteiger partial charge on any atom is -0.487 e. The number of fused-ring (bicyclic) bond motifs is 1. The number of rotatable bonds is 4. The first kappa shape index (κ1) is 23.8. The molecule has 180 valence electrons. The molecule has 2 fully saturated rings.